The first-order chi connectivity index (χ1) is 12.6. The van der Waals surface area contributed by atoms with Crippen LogP contribution in [0.2, 0.25) is 0 Å². The van der Waals surface area contributed by atoms with E-state index in [1.54, 1.807) is 14.2 Å². The number of nitrogens with one attached hydrogen (secondary N) is 1. The summed E-state index contributed by atoms with van der Waals surface area (Å²) in [6.07, 6.45) is 0.789. The molecule has 1 aromatic carbocycles. The lowest BCUT2D eigenvalue weighted by molar-refractivity contribution is 0.0957. The van der Waals surface area contributed by atoms with E-state index in [4.69, 9.17) is 9.47 Å². The summed E-state index contributed by atoms with van der Waals surface area (Å²) >= 11 is 1.35. The maximum atomic E-state index is 12.6. The summed E-state index contributed by atoms with van der Waals surface area (Å²) in [7, 11) is 3.15. The third-order valence-corrected chi connectivity index (χ3v) is 5.20. The summed E-state index contributed by atoms with van der Waals surface area (Å²) < 4.78 is 10.5. The van der Waals surface area contributed by atoms with Crippen LogP contribution in [0.15, 0.2) is 30.3 Å². The lowest BCUT2D eigenvalue weighted by atomic mass is 10.1. The van der Waals surface area contributed by atoms with E-state index in [0.29, 0.717) is 29.7 Å². The van der Waals surface area contributed by atoms with Gasteiger partial charge in [-0.05, 0) is 24.5 Å². The highest BCUT2D eigenvalue weighted by molar-refractivity contribution is 7.20. The normalized spacial score (nSPS) is 10.9. The highest BCUT2D eigenvalue weighted by Gasteiger charge is 2.20. The van der Waals surface area contributed by atoms with Gasteiger partial charge in [0.15, 0.2) is 5.82 Å². The zero-order chi connectivity index (χ0) is 18.5. The minimum Gasteiger partial charge on any atom is -0.480 e. The highest BCUT2D eigenvalue weighted by Crippen LogP contribution is 2.34. The Hall–Kier alpha value is -2.51. The third kappa shape index (κ3) is 3.84. The Morgan fingerprint density at radius 3 is 2.65 bits per heavy atom. The van der Waals surface area contributed by atoms with Crippen molar-refractivity contribution in [2.75, 3.05) is 20.8 Å². The van der Waals surface area contributed by atoms with E-state index in [2.05, 4.69) is 27.4 Å². The molecule has 0 unspecified atom stereocenters. The smallest absolute Gasteiger partial charge is 0.261 e. The second-order valence-electron chi connectivity index (χ2n) is 5.81. The molecular formula is C19H21N3O3S. The van der Waals surface area contributed by atoms with Crippen LogP contribution >= 0.6 is 11.3 Å². The molecule has 7 heteroatoms. The van der Waals surface area contributed by atoms with Crippen molar-refractivity contribution in [3.63, 3.8) is 0 Å². The zero-order valence-corrected chi connectivity index (χ0v) is 15.9. The zero-order valence-electron chi connectivity index (χ0n) is 15.0. The summed E-state index contributed by atoms with van der Waals surface area (Å²) in [5.41, 5.74) is 2.03. The lowest BCUT2D eigenvalue weighted by Gasteiger charge is -2.06. The lowest BCUT2D eigenvalue weighted by Crippen LogP contribution is -2.25. The molecule has 0 fully saturated rings. The Labute approximate surface area is 156 Å². The minimum absolute atomic E-state index is 0.100. The van der Waals surface area contributed by atoms with Crippen LogP contribution in [0, 0.1) is 6.92 Å². The van der Waals surface area contributed by atoms with E-state index in [1.165, 1.54) is 16.9 Å². The van der Waals surface area contributed by atoms with E-state index >= 15 is 0 Å². The van der Waals surface area contributed by atoms with Crippen molar-refractivity contribution in [2.45, 2.75) is 20.0 Å². The SMILES string of the molecule is COCc1nc(OC)c2c(C)c(C(=O)NCCc3ccccc3)sc2n1. The van der Waals surface area contributed by atoms with Crippen LogP contribution in [0.25, 0.3) is 10.2 Å². The maximum absolute atomic E-state index is 12.6. The fourth-order valence-corrected chi connectivity index (χ4v) is 3.85. The molecule has 0 spiro atoms. The van der Waals surface area contributed by atoms with Crippen molar-refractivity contribution in [3.05, 3.63) is 52.2 Å². The number of nitrogens with zero attached hydrogens (tertiary/aromatic N) is 2. The van der Waals surface area contributed by atoms with Crippen LogP contribution in [-0.2, 0) is 17.8 Å². The molecule has 136 valence electrons. The number of methoxy groups -OCH3 is 2. The van der Waals surface area contributed by atoms with Crippen molar-refractivity contribution in [3.8, 4) is 5.88 Å². The second-order valence-corrected chi connectivity index (χ2v) is 6.81. The van der Waals surface area contributed by atoms with E-state index in [-0.39, 0.29) is 5.91 Å². The van der Waals surface area contributed by atoms with Crippen molar-refractivity contribution in [1.82, 2.24) is 15.3 Å². The van der Waals surface area contributed by atoms with Gasteiger partial charge in [0.2, 0.25) is 5.88 Å². The maximum Gasteiger partial charge on any atom is 0.261 e. The highest BCUT2D eigenvalue weighted by atomic mass is 32.1. The minimum atomic E-state index is -0.100. The number of benzene rings is 1. The molecule has 0 bridgehead atoms. The van der Waals surface area contributed by atoms with Gasteiger partial charge in [0, 0.05) is 13.7 Å². The molecular weight excluding hydrogens is 350 g/mol. The molecule has 3 aromatic rings. The monoisotopic (exact) mass is 371 g/mol. The summed E-state index contributed by atoms with van der Waals surface area (Å²) in [6.45, 7) is 2.77. The molecule has 26 heavy (non-hydrogen) atoms. The second kappa shape index (κ2) is 8.25. The van der Waals surface area contributed by atoms with E-state index in [0.717, 1.165) is 22.2 Å². The fourth-order valence-electron chi connectivity index (χ4n) is 2.75. The number of thiophene rings is 1. The van der Waals surface area contributed by atoms with E-state index in [9.17, 15) is 4.79 Å². The number of fused-ring (bicyclic) bond motifs is 1. The van der Waals surface area contributed by atoms with Crippen molar-refractivity contribution in [1.29, 1.82) is 0 Å². The van der Waals surface area contributed by atoms with Crippen molar-refractivity contribution < 1.29 is 14.3 Å². The van der Waals surface area contributed by atoms with Gasteiger partial charge in [-0.2, -0.15) is 4.98 Å². The Kier molecular flexibility index (Phi) is 5.80. The quantitative estimate of drug-likeness (QED) is 0.691. The predicted molar refractivity (Wildman–Crippen MR) is 102 cm³/mol. The molecule has 0 saturated carbocycles. The van der Waals surface area contributed by atoms with Crippen LogP contribution in [0.5, 0.6) is 5.88 Å². The van der Waals surface area contributed by atoms with Gasteiger partial charge in [-0.1, -0.05) is 30.3 Å². The standard InChI is InChI=1S/C19H21N3O3S/c1-12-15-18(25-3)21-14(11-24-2)22-19(15)26-16(12)17(23)20-10-9-13-7-5-4-6-8-13/h4-8H,9-11H2,1-3H3,(H,20,23). The van der Waals surface area contributed by atoms with Gasteiger partial charge in [-0.3, -0.25) is 4.79 Å². The van der Waals surface area contributed by atoms with E-state index < -0.39 is 0 Å². The molecule has 6 nitrogen and oxygen atoms in total. The van der Waals surface area contributed by atoms with E-state index in [1.807, 2.05) is 25.1 Å². The first-order valence-electron chi connectivity index (χ1n) is 8.29. The Morgan fingerprint density at radius 1 is 1.19 bits per heavy atom. The largest absolute Gasteiger partial charge is 0.480 e. The topological polar surface area (TPSA) is 73.3 Å². The number of rotatable bonds is 7. The van der Waals surface area contributed by atoms with Crippen LogP contribution in [0.1, 0.15) is 26.6 Å². The number of aromatic nitrogens is 2. The van der Waals surface area contributed by atoms with Crippen molar-refractivity contribution in [2.24, 2.45) is 0 Å². The first-order valence-corrected chi connectivity index (χ1v) is 9.10. The molecule has 0 aliphatic rings. The summed E-state index contributed by atoms with van der Waals surface area (Å²) in [4.78, 5) is 22.8. The number of ether oxygens (including phenoxy) is 2. The fraction of sp³-hybridized carbons (Fsp3) is 0.316. The molecule has 3 rings (SSSR count). The van der Waals surface area contributed by atoms with Crippen molar-refractivity contribution >= 4 is 27.5 Å². The molecule has 0 saturated heterocycles. The van der Waals surface area contributed by atoms with Gasteiger partial charge in [0.05, 0.1) is 17.4 Å². The van der Waals surface area contributed by atoms with Crippen LogP contribution in [0.3, 0.4) is 0 Å². The van der Waals surface area contributed by atoms with Crippen LogP contribution in [-0.4, -0.2) is 36.6 Å². The van der Waals surface area contributed by atoms with Crippen LogP contribution < -0.4 is 10.1 Å². The Bertz CT molecular complexity index is 909. The predicted octanol–water partition coefficient (Wildman–Crippen LogP) is 3.13. The number of carbonyl (C=O) groups excluding carboxylic acids is 1. The molecule has 2 aromatic heterocycles. The molecule has 1 amide bonds. The van der Waals surface area contributed by atoms with Gasteiger partial charge in [-0.25, -0.2) is 4.98 Å². The number of hydrogen-bond acceptors (Lipinski definition) is 6. The number of hydrogen-bond donors (Lipinski definition) is 1. The van der Waals surface area contributed by atoms with Crippen LogP contribution in [0.4, 0.5) is 0 Å². The van der Waals surface area contributed by atoms with Gasteiger partial charge >= 0.3 is 0 Å². The number of carbonyl (C=O) groups is 1. The third-order valence-electron chi connectivity index (χ3n) is 4.02. The first kappa shape index (κ1) is 18.3. The van der Waals surface area contributed by atoms with Gasteiger partial charge in [0.25, 0.3) is 5.91 Å². The average Bonchev–Trinajstić information content (AvgIpc) is 2.99. The molecule has 0 radical (unpaired) electrons. The summed E-state index contributed by atoms with van der Waals surface area (Å²) in [5, 5.41) is 3.77. The van der Waals surface area contributed by atoms with Gasteiger partial charge in [0.1, 0.15) is 11.4 Å². The Balaban J connectivity index is 1.80. The molecule has 1 N–H and O–H groups in total. The molecule has 2 heterocycles. The van der Waals surface area contributed by atoms with Gasteiger partial charge < -0.3 is 14.8 Å². The summed E-state index contributed by atoms with van der Waals surface area (Å²) in [6, 6.07) is 10.1. The molecule has 0 aliphatic heterocycles. The molecule has 0 atom stereocenters. The average molecular weight is 371 g/mol. The molecule has 0 aliphatic carbocycles. The number of aryl methyl sites for hydroxylation is 1. The number of amides is 1. The Morgan fingerprint density at radius 2 is 1.96 bits per heavy atom. The summed E-state index contributed by atoms with van der Waals surface area (Å²) in [5.74, 6) is 0.907. The van der Waals surface area contributed by atoms with Gasteiger partial charge in [-0.15, -0.1) is 11.3 Å².